The standard InChI is InChI=1S/C118H78N4S2/c1-10-39-83(40-11-1)117(84-41-12-2-13-42-84)101-60-34-32-58-96(101)99-69-73-106(114-110(99)111-103(117)71-75-108(116(111)124-114)121(91-53-24-8-25-54-91)93-67-64-79-36-28-29-37-81(79)76-93)122(92-55-26-9-27-56-92)94-77-82-38-30-31-57-95(82)100(78-94)80-62-65-86(66-63-80)118(85-43-14-3-15-44-85)102-61-35-33-59-97(102)98-68-72-105(119(87-45-16-4-17-46-87)88-47-18-5-19-48-88)113-109(98)112-104(118)70-74-107(115(112)123-113)120(89-49-20-6-21-50-89)90-51-22-7-23-52-90/h1-78H. The first-order valence-electron chi connectivity index (χ1n) is 42.6. The van der Waals surface area contributed by atoms with Crippen LogP contribution in [0.25, 0.3) is 95.3 Å². The molecule has 2 aliphatic carbocycles. The highest BCUT2D eigenvalue weighted by molar-refractivity contribution is 7.27. The van der Waals surface area contributed by atoms with Gasteiger partial charge in [-0.3, -0.25) is 0 Å². The first-order chi connectivity index (χ1) is 61.6. The summed E-state index contributed by atoms with van der Waals surface area (Å²) in [5.74, 6) is 0. The van der Waals surface area contributed by atoms with Gasteiger partial charge in [-0.25, -0.2) is 0 Å². The van der Waals surface area contributed by atoms with E-state index in [0.717, 1.165) is 84.8 Å². The van der Waals surface area contributed by atoms with E-state index in [0.29, 0.717) is 0 Å². The van der Waals surface area contributed by atoms with Crippen molar-refractivity contribution in [3.8, 4) is 33.4 Å². The molecule has 0 radical (unpaired) electrons. The molecule has 22 aromatic rings. The van der Waals surface area contributed by atoms with E-state index in [4.69, 9.17) is 0 Å². The van der Waals surface area contributed by atoms with E-state index in [9.17, 15) is 0 Å². The van der Waals surface area contributed by atoms with E-state index in [-0.39, 0.29) is 0 Å². The molecule has 0 amide bonds. The van der Waals surface area contributed by atoms with Crippen LogP contribution in [0.15, 0.2) is 473 Å². The minimum Gasteiger partial charge on any atom is -0.309 e. The quantitative estimate of drug-likeness (QED) is 0.0901. The molecule has 0 spiro atoms. The average Bonchev–Trinajstić information content (AvgIpc) is 1.52. The van der Waals surface area contributed by atoms with Gasteiger partial charge in [0.05, 0.1) is 52.4 Å². The Hall–Kier alpha value is -15.4. The highest BCUT2D eigenvalue weighted by atomic mass is 32.1. The summed E-state index contributed by atoms with van der Waals surface area (Å²) >= 11 is 3.82. The molecular formula is C118H78N4S2. The zero-order chi connectivity index (χ0) is 81.8. The summed E-state index contributed by atoms with van der Waals surface area (Å²) in [5.41, 5.74) is 28.2. The number of rotatable bonds is 17. The molecule has 0 fully saturated rings. The van der Waals surface area contributed by atoms with Gasteiger partial charge in [0.25, 0.3) is 0 Å². The lowest BCUT2D eigenvalue weighted by Crippen LogP contribution is -2.31. The van der Waals surface area contributed by atoms with Crippen LogP contribution in [0.2, 0.25) is 0 Å². The molecule has 2 aromatic heterocycles. The maximum absolute atomic E-state index is 2.55. The first kappa shape index (κ1) is 72.6. The third-order valence-electron chi connectivity index (χ3n) is 25.9. The lowest BCUT2D eigenvalue weighted by Gasteiger charge is -2.38. The van der Waals surface area contributed by atoms with E-state index in [1.54, 1.807) is 0 Å². The minimum absolute atomic E-state index is 0.755. The summed E-state index contributed by atoms with van der Waals surface area (Å²) in [4.78, 5) is 9.98. The normalized spacial score (nSPS) is 13.6. The van der Waals surface area contributed by atoms with Gasteiger partial charge in [-0.1, -0.05) is 352 Å². The predicted octanol–water partition coefficient (Wildman–Crippen LogP) is 33.0. The summed E-state index contributed by atoms with van der Waals surface area (Å²) in [6.45, 7) is 0. The molecule has 582 valence electrons. The molecule has 20 aromatic carbocycles. The Morgan fingerprint density at radius 1 is 0.169 bits per heavy atom. The van der Waals surface area contributed by atoms with Crippen molar-refractivity contribution in [3.63, 3.8) is 0 Å². The Balaban J connectivity index is 0.746. The molecule has 4 nitrogen and oxygen atoms in total. The minimum atomic E-state index is -0.865. The zero-order valence-corrected chi connectivity index (χ0v) is 69.3. The number of hydrogen-bond donors (Lipinski definition) is 0. The molecule has 2 heterocycles. The fourth-order valence-corrected chi connectivity index (χ4v) is 23.5. The van der Waals surface area contributed by atoms with Crippen LogP contribution in [0.3, 0.4) is 0 Å². The smallest absolute Gasteiger partial charge is 0.0714 e. The van der Waals surface area contributed by atoms with E-state index >= 15 is 0 Å². The highest BCUT2D eigenvalue weighted by Gasteiger charge is 2.47. The number of anilines is 12. The van der Waals surface area contributed by atoms with Crippen molar-refractivity contribution in [1.82, 2.24) is 0 Å². The van der Waals surface area contributed by atoms with Crippen LogP contribution in [0.5, 0.6) is 0 Å². The van der Waals surface area contributed by atoms with Crippen LogP contribution in [-0.2, 0) is 10.8 Å². The first-order valence-corrected chi connectivity index (χ1v) is 44.2. The van der Waals surface area contributed by atoms with Crippen molar-refractivity contribution in [2.75, 3.05) is 19.6 Å². The van der Waals surface area contributed by atoms with Crippen LogP contribution in [0, 0.1) is 0 Å². The van der Waals surface area contributed by atoms with E-state index < -0.39 is 10.8 Å². The van der Waals surface area contributed by atoms with Crippen molar-refractivity contribution in [2.24, 2.45) is 0 Å². The van der Waals surface area contributed by atoms with Crippen molar-refractivity contribution in [2.45, 2.75) is 10.8 Å². The molecule has 0 saturated carbocycles. The topological polar surface area (TPSA) is 13.0 Å². The fourth-order valence-electron chi connectivity index (χ4n) is 20.7. The molecule has 24 rings (SSSR count). The molecule has 124 heavy (non-hydrogen) atoms. The van der Waals surface area contributed by atoms with Gasteiger partial charge in [0, 0.05) is 67.0 Å². The number of nitrogens with zero attached hydrogens (tertiary/aromatic N) is 4. The maximum Gasteiger partial charge on any atom is 0.0714 e. The summed E-state index contributed by atoms with van der Waals surface area (Å²) in [5, 5.41) is 9.64. The van der Waals surface area contributed by atoms with E-state index in [1.807, 2.05) is 22.7 Å². The van der Waals surface area contributed by atoms with Gasteiger partial charge in [-0.05, 0) is 221 Å². The van der Waals surface area contributed by atoms with Crippen LogP contribution in [-0.4, -0.2) is 0 Å². The van der Waals surface area contributed by atoms with Gasteiger partial charge in [-0.2, -0.15) is 0 Å². The SMILES string of the molecule is c1ccc(N(c2ccccc2)c2ccc3c4c2sc2c(N(c5ccccc5)c5ccccc5)ccc(c24)C(c2ccccc2)(c2ccc(-c4cc(N(c5ccccc5)c5ccc6c7c5sc5c(N(c8ccccc8)c8ccc9ccccc9c8)ccc(c57)C(c5ccccc5)(c5ccccc5)c5ccccc5-6)cc5ccccc45)cc2)c2ccccc2-3)cc1. The number of fused-ring (bicyclic) bond motifs is 6. The second-order valence-electron chi connectivity index (χ2n) is 32.4. The van der Waals surface area contributed by atoms with Crippen LogP contribution >= 0.6 is 22.7 Å². The number of thiophene rings is 2. The summed E-state index contributed by atoms with van der Waals surface area (Å²) in [6.07, 6.45) is 0. The maximum atomic E-state index is 2.55. The molecular weight excluding hydrogens is 1540 g/mol. The van der Waals surface area contributed by atoms with Crippen molar-refractivity contribution in [1.29, 1.82) is 0 Å². The van der Waals surface area contributed by atoms with Gasteiger partial charge in [0.2, 0.25) is 0 Å². The third-order valence-corrected chi connectivity index (χ3v) is 28.4. The highest BCUT2D eigenvalue weighted by Crippen LogP contribution is 2.64. The monoisotopic (exact) mass is 1610 g/mol. The van der Waals surface area contributed by atoms with Gasteiger partial charge in [0.15, 0.2) is 0 Å². The second kappa shape index (κ2) is 29.8. The molecule has 1 unspecified atom stereocenters. The van der Waals surface area contributed by atoms with Gasteiger partial charge in [0.1, 0.15) is 0 Å². The lowest BCUT2D eigenvalue weighted by atomic mass is 9.63. The molecule has 1 atom stereocenters. The Bertz CT molecular complexity index is 7720. The van der Waals surface area contributed by atoms with Crippen molar-refractivity contribution >= 4 is 153 Å². The molecule has 0 aliphatic heterocycles. The molecule has 0 saturated heterocycles. The van der Waals surface area contributed by atoms with Crippen LogP contribution in [0.4, 0.5) is 68.2 Å². The van der Waals surface area contributed by atoms with E-state index in [1.165, 1.54) is 123 Å². The predicted molar refractivity (Wildman–Crippen MR) is 526 cm³/mol. The van der Waals surface area contributed by atoms with Gasteiger partial charge >= 0.3 is 0 Å². The van der Waals surface area contributed by atoms with Gasteiger partial charge in [-0.15, -0.1) is 22.7 Å². The van der Waals surface area contributed by atoms with Crippen LogP contribution < -0.4 is 19.6 Å². The number of benzene rings is 20. The zero-order valence-electron chi connectivity index (χ0n) is 67.6. The largest absolute Gasteiger partial charge is 0.309 e. The van der Waals surface area contributed by atoms with Crippen molar-refractivity contribution in [3.05, 3.63) is 518 Å². The number of hydrogen-bond acceptors (Lipinski definition) is 6. The summed E-state index contributed by atoms with van der Waals surface area (Å²) < 4.78 is 4.81. The third kappa shape index (κ3) is 11.3. The van der Waals surface area contributed by atoms with Gasteiger partial charge < -0.3 is 19.6 Å². The Kier molecular flexibility index (Phi) is 17.4. The fraction of sp³-hybridized carbons (Fsp3) is 0.0169. The summed E-state index contributed by atoms with van der Waals surface area (Å²) in [6, 6.07) is 177. The lowest BCUT2D eigenvalue weighted by molar-refractivity contribution is 0.756. The molecule has 0 N–H and O–H groups in total. The Morgan fingerprint density at radius 2 is 0.476 bits per heavy atom. The molecule has 0 bridgehead atoms. The van der Waals surface area contributed by atoms with Crippen LogP contribution in [0.1, 0.15) is 44.5 Å². The van der Waals surface area contributed by atoms with E-state index in [2.05, 4.69) is 493 Å². The molecule has 2 aliphatic rings. The Labute approximate surface area is 728 Å². The number of para-hydroxylation sites is 6. The second-order valence-corrected chi connectivity index (χ2v) is 34.5. The average molecular weight is 1620 g/mol. The summed E-state index contributed by atoms with van der Waals surface area (Å²) in [7, 11) is 0. The molecule has 6 heteroatoms. The Morgan fingerprint density at radius 3 is 0.887 bits per heavy atom. The van der Waals surface area contributed by atoms with Crippen molar-refractivity contribution < 1.29 is 0 Å².